The summed E-state index contributed by atoms with van der Waals surface area (Å²) in [6.45, 7) is 4.40. The van der Waals surface area contributed by atoms with Gasteiger partial charge in [0, 0.05) is 5.56 Å². The molecule has 0 radical (unpaired) electrons. The van der Waals surface area contributed by atoms with E-state index >= 15 is 0 Å². The van der Waals surface area contributed by atoms with E-state index in [4.69, 9.17) is 4.42 Å². The third-order valence-electron chi connectivity index (χ3n) is 6.69. The molecule has 0 fully saturated rings. The second-order valence-electron chi connectivity index (χ2n) is 9.19. The zero-order valence-corrected chi connectivity index (χ0v) is 22.5. The summed E-state index contributed by atoms with van der Waals surface area (Å²) in [4.78, 5) is 0. The van der Waals surface area contributed by atoms with E-state index in [1.807, 2.05) is 42.5 Å². The number of hydrogen-bond donors (Lipinski definition) is 0. The molecule has 1 aliphatic heterocycles. The monoisotopic (exact) mass is 594 g/mol. The second-order valence-corrected chi connectivity index (χ2v) is 11.9. The van der Waals surface area contributed by atoms with Crippen LogP contribution in [-0.4, -0.2) is 14.8 Å². The average Bonchev–Trinajstić information content (AvgIpc) is 3.65. The first-order valence-electron chi connectivity index (χ1n) is 12.1. The van der Waals surface area contributed by atoms with Gasteiger partial charge in [-0.1, -0.05) is 18.2 Å². The summed E-state index contributed by atoms with van der Waals surface area (Å²) in [7, 11) is 0. The Balaban J connectivity index is 1.26. The van der Waals surface area contributed by atoms with Crippen molar-refractivity contribution in [3.63, 3.8) is 0 Å². The molecule has 0 saturated carbocycles. The molecule has 1 aliphatic rings. The van der Waals surface area contributed by atoms with Gasteiger partial charge in [0.05, 0.1) is 0 Å². The van der Waals surface area contributed by atoms with Gasteiger partial charge >= 0.3 is 180 Å². The van der Waals surface area contributed by atoms with Gasteiger partial charge < -0.3 is 0 Å². The number of benzene rings is 4. The van der Waals surface area contributed by atoms with Crippen LogP contribution in [0.25, 0.3) is 51.1 Å². The maximum atomic E-state index is 6.01. The van der Waals surface area contributed by atoms with E-state index in [1.165, 1.54) is 37.3 Å². The number of rotatable bonds is 4. The molecule has 0 bridgehead atoms. The van der Waals surface area contributed by atoms with Crippen LogP contribution in [0.1, 0.15) is 11.1 Å². The molecule has 7 rings (SSSR count). The minimum absolute atomic E-state index is 0.195. The van der Waals surface area contributed by atoms with Crippen LogP contribution in [0.15, 0.2) is 108 Å². The molecule has 2 aromatic heterocycles. The van der Waals surface area contributed by atoms with Crippen molar-refractivity contribution in [3.05, 3.63) is 118 Å². The zero-order chi connectivity index (χ0) is 24.9. The number of imidazole rings is 1. The predicted octanol–water partition coefficient (Wildman–Crippen LogP) is 3.47. The Morgan fingerprint density at radius 2 is 1.38 bits per heavy atom. The number of halogens is 1. The van der Waals surface area contributed by atoms with Gasteiger partial charge in [-0.05, 0) is 12.1 Å². The Morgan fingerprint density at radius 3 is 2.19 bits per heavy atom. The van der Waals surface area contributed by atoms with E-state index in [2.05, 4.69) is 92.3 Å². The average molecular weight is 594 g/mol. The van der Waals surface area contributed by atoms with Crippen LogP contribution < -0.4 is 24.3 Å². The van der Waals surface area contributed by atoms with Crippen LogP contribution in [0.5, 0.6) is 0 Å². The molecule has 0 aliphatic carbocycles. The molecule has 6 heteroatoms. The van der Waals surface area contributed by atoms with Crippen molar-refractivity contribution >= 4 is 0 Å². The van der Waals surface area contributed by atoms with E-state index in [0.717, 1.165) is 16.7 Å². The van der Waals surface area contributed by atoms with Crippen molar-refractivity contribution in [2.45, 2.75) is 13.8 Å². The normalized spacial score (nSPS) is 12.2. The summed E-state index contributed by atoms with van der Waals surface area (Å²) < 4.78 is 12.3. The summed E-state index contributed by atoms with van der Waals surface area (Å²) in [5.41, 5.74) is 9.21. The van der Waals surface area contributed by atoms with E-state index in [0.29, 0.717) is 11.8 Å². The molecule has 0 saturated heterocycles. The number of nitrogens with zero attached hydrogens (tertiary/aromatic N) is 4. The quantitative estimate of drug-likeness (QED) is 0.294. The fourth-order valence-electron chi connectivity index (χ4n) is 5.05. The van der Waals surface area contributed by atoms with Gasteiger partial charge in [-0.25, -0.2) is 0 Å². The zero-order valence-electron chi connectivity index (χ0n) is 20.4. The van der Waals surface area contributed by atoms with Crippen molar-refractivity contribution in [3.8, 4) is 51.1 Å². The van der Waals surface area contributed by atoms with Gasteiger partial charge in [-0.2, -0.15) is 0 Å². The van der Waals surface area contributed by atoms with Crippen molar-refractivity contribution in [2.75, 3.05) is 0 Å². The Bertz CT molecular complexity index is 1760. The molecule has 0 unspecified atom stereocenters. The van der Waals surface area contributed by atoms with Crippen molar-refractivity contribution in [1.82, 2.24) is 14.8 Å². The van der Waals surface area contributed by atoms with Crippen LogP contribution in [-0.2, 0) is 0 Å². The number of aryl methyl sites for hydroxylation is 2. The van der Waals surface area contributed by atoms with Crippen molar-refractivity contribution in [1.29, 1.82) is 0 Å². The molecule has 3 heterocycles. The number of hydrogen-bond acceptors (Lipinski definition) is 3. The van der Waals surface area contributed by atoms with Gasteiger partial charge in [0.25, 0.3) is 0 Å². The first-order valence-corrected chi connectivity index (χ1v) is 14.2. The van der Waals surface area contributed by atoms with Gasteiger partial charge in [-0.15, -0.1) is 5.10 Å². The molecule has 4 aromatic carbocycles. The number of aromatic nitrogens is 4. The summed E-state index contributed by atoms with van der Waals surface area (Å²) in [5, 5.41) is 8.57. The molecule has 6 aromatic rings. The van der Waals surface area contributed by atoms with Gasteiger partial charge in [-0.3, -0.25) is 0 Å². The Labute approximate surface area is 225 Å². The SMILES string of the molecule is Cc1cc(-c2cccc(-c3nnc(-c4ccccc4)o3)c2)cc(C)c1-n1cc[n+]2c1-c1ccccc1[I-]2. The van der Waals surface area contributed by atoms with Crippen LogP contribution in [0.2, 0.25) is 0 Å². The molecule has 0 atom stereocenters. The second kappa shape index (κ2) is 8.81. The molecule has 0 N–H and O–H groups in total. The van der Waals surface area contributed by atoms with Crippen molar-refractivity contribution < 1.29 is 28.7 Å². The van der Waals surface area contributed by atoms with Crippen molar-refractivity contribution in [2.24, 2.45) is 0 Å². The van der Waals surface area contributed by atoms with E-state index < -0.39 is 0 Å². The summed E-state index contributed by atoms with van der Waals surface area (Å²) in [6, 6.07) is 31.5. The topological polar surface area (TPSA) is 47.7 Å². The third kappa shape index (κ3) is 3.79. The molecular formula is C31H23IN4O. The molecule has 5 nitrogen and oxygen atoms in total. The van der Waals surface area contributed by atoms with Crippen LogP contribution >= 0.6 is 0 Å². The number of fused-ring (bicyclic) bond motifs is 3. The fourth-order valence-corrected chi connectivity index (χ4v) is 7.68. The van der Waals surface area contributed by atoms with E-state index in [-0.39, 0.29) is 21.5 Å². The first kappa shape index (κ1) is 22.2. The summed E-state index contributed by atoms with van der Waals surface area (Å²) in [6.07, 6.45) is 4.44. The van der Waals surface area contributed by atoms with Crippen LogP contribution in [0, 0.1) is 17.4 Å². The summed E-state index contributed by atoms with van der Waals surface area (Å²) in [5.74, 6) is 2.33. The van der Waals surface area contributed by atoms with E-state index in [9.17, 15) is 0 Å². The fraction of sp³-hybridized carbons (Fsp3) is 0.0645. The predicted molar refractivity (Wildman–Crippen MR) is 139 cm³/mol. The van der Waals surface area contributed by atoms with Gasteiger partial charge in [0.15, 0.2) is 0 Å². The molecule has 0 amide bonds. The first-order chi connectivity index (χ1) is 18.2. The minimum atomic E-state index is -0.195. The standard InChI is InChI=1S/C31H23IN4O/c1-20-17-25(18-21(2)28(20)35-15-16-36-31(35)26-13-6-7-14-27(26)32-36)23-11-8-12-24(19-23)30-34-33-29(37-30)22-9-4-3-5-10-22/h3-19H,1-2H3. The molecule has 37 heavy (non-hydrogen) atoms. The van der Waals surface area contributed by atoms with Gasteiger partial charge in [0.1, 0.15) is 0 Å². The maximum absolute atomic E-state index is 6.01. The third-order valence-corrected chi connectivity index (χ3v) is 9.45. The Hall–Kier alpha value is -4.04. The molecule has 180 valence electrons. The van der Waals surface area contributed by atoms with E-state index in [1.54, 1.807) is 0 Å². The summed E-state index contributed by atoms with van der Waals surface area (Å²) >= 11 is -0.195. The van der Waals surface area contributed by atoms with Crippen LogP contribution in [0.3, 0.4) is 0 Å². The Kier molecular flexibility index (Phi) is 5.28. The Morgan fingerprint density at radius 1 is 0.703 bits per heavy atom. The molecular weight excluding hydrogens is 571 g/mol. The van der Waals surface area contributed by atoms with Gasteiger partial charge in [0.2, 0.25) is 5.89 Å². The van der Waals surface area contributed by atoms with Crippen LogP contribution in [0.4, 0.5) is 0 Å². The molecule has 0 spiro atoms.